The van der Waals surface area contributed by atoms with Gasteiger partial charge in [0.25, 0.3) is 15.5 Å². The SMILES string of the molecule is O=[N+]([O-])c1c(C(F)F)ccc(S(=O)(=O)Cl)c1OC(F)F. The minimum Gasteiger partial charge on any atom is -0.426 e. The lowest BCUT2D eigenvalue weighted by atomic mass is 10.1. The second-order valence-corrected chi connectivity index (χ2v) is 5.74. The van der Waals surface area contributed by atoms with E-state index in [1.165, 1.54) is 0 Å². The molecule has 0 spiro atoms. The summed E-state index contributed by atoms with van der Waals surface area (Å²) in [7, 11) is 0.180. The van der Waals surface area contributed by atoms with Gasteiger partial charge in [0.2, 0.25) is 5.75 Å². The predicted molar refractivity (Wildman–Crippen MR) is 57.7 cm³/mol. The molecule has 0 unspecified atom stereocenters. The molecule has 0 aliphatic heterocycles. The highest BCUT2D eigenvalue weighted by Gasteiger charge is 2.34. The molecule has 6 nitrogen and oxygen atoms in total. The molecule has 0 aliphatic rings. The second-order valence-electron chi connectivity index (χ2n) is 3.20. The first-order chi connectivity index (χ1) is 9.05. The molecular formula is C8H4ClF4NO5S. The van der Waals surface area contributed by atoms with Crippen LogP contribution in [0.2, 0.25) is 0 Å². The minimum absolute atomic E-state index is 0.399. The maximum absolute atomic E-state index is 12.6. The van der Waals surface area contributed by atoms with Crippen molar-refractivity contribution in [1.82, 2.24) is 0 Å². The first-order valence-corrected chi connectivity index (χ1v) is 6.85. The van der Waals surface area contributed by atoms with E-state index in [4.69, 9.17) is 10.7 Å². The van der Waals surface area contributed by atoms with Gasteiger partial charge in [-0.05, 0) is 12.1 Å². The van der Waals surface area contributed by atoms with Crippen LogP contribution in [0.25, 0.3) is 0 Å². The molecule has 0 atom stereocenters. The number of alkyl halides is 4. The third-order valence-corrected chi connectivity index (χ3v) is 3.36. The van der Waals surface area contributed by atoms with Crippen LogP contribution >= 0.6 is 10.7 Å². The van der Waals surface area contributed by atoms with Crippen LogP contribution in [0.5, 0.6) is 5.75 Å². The topological polar surface area (TPSA) is 86.5 Å². The maximum atomic E-state index is 12.6. The van der Waals surface area contributed by atoms with Crippen molar-refractivity contribution < 1.29 is 35.6 Å². The molecule has 0 amide bonds. The molecule has 0 aromatic heterocycles. The van der Waals surface area contributed by atoms with Gasteiger partial charge in [-0.3, -0.25) is 10.1 Å². The molecule has 0 aliphatic carbocycles. The Balaban J connectivity index is 3.75. The van der Waals surface area contributed by atoms with Crippen molar-refractivity contribution in [2.75, 3.05) is 0 Å². The van der Waals surface area contributed by atoms with Gasteiger partial charge < -0.3 is 4.74 Å². The van der Waals surface area contributed by atoms with Crippen molar-refractivity contribution in [1.29, 1.82) is 0 Å². The first-order valence-electron chi connectivity index (χ1n) is 4.54. The van der Waals surface area contributed by atoms with E-state index < -0.39 is 48.9 Å². The van der Waals surface area contributed by atoms with E-state index >= 15 is 0 Å². The summed E-state index contributed by atoms with van der Waals surface area (Å²) < 4.78 is 75.5. The molecule has 1 rings (SSSR count). The van der Waals surface area contributed by atoms with Crippen LogP contribution in [-0.2, 0) is 9.05 Å². The average molecular weight is 338 g/mol. The van der Waals surface area contributed by atoms with E-state index in [0.717, 1.165) is 0 Å². The fourth-order valence-corrected chi connectivity index (χ4v) is 2.29. The molecule has 112 valence electrons. The van der Waals surface area contributed by atoms with Crippen molar-refractivity contribution >= 4 is 25.4 Å². The van der Waals surface area contributed by atoms with Crippen LogP contribution in [0.1, 0.15) is 12.0 Å². The van der Waals surface area contributed by atoms with Crippen molar-refractivity contribution in [2.45, 2.75) is 17.9 Å². The van der Waals surface area contributed by atoms with E-state index in [9.17, 15) is 36.1 Å². The summed E-state index contributed by atoms with van der Waals surface area (Å²) in [6, 6.07) is 0.824. The van der Waals surface area contributed by atoms with Crippen molar-refractivity contribution in [3.05, 3.63) is 27.8 Å². The van der Waals surface area contributed by atoms with Gasteiger partial charge in [-0.15, -0.1) is 0 Å². The van der Waals surface area contributed by atoms with E-state index in [2.05, 4.69) is 4.74 Å². The molecule has 0 fully saturated rings. The van der Waals surface area contributed by atoms with Crippen molar-refractivity contribution in [2.24, 2.45) is 0 Å². The molecule has 0 N–H and O–H groups in total. The van der Waals surface area contributed by atoms with Gasteiger partial charge in [0.15, 0.2) is 0 Å². The molecule has 0 radical (unpaired) electrons. The zero-order chi connectivity index (χ0) is 15.7. The number of hydrogen-bond acceptors (Lipinski definition) is 5. The molecule has 0 heterocycles. The number of rotatable bonds is 5. The Labute approximate surface area is 113 Å². The highest BCUT2D eigenvalue weighted by Crippen LogP contribution is 2.42. The number of benzene rings is 1. The highest BCUT2D eigenvalue weighted by molar-refractivity contribution is 8.13. The summed E-state index contributed by atoms with van der Waals surface area (Å²) in [5.74, 6) is -1.53. The molecule has 12 heteroatoms. The number of nitro groups is 1. The third-order valence-electron chi connectivity index (χ3n) is 2.01. The highest BCUT2D eigenvalue weighted by atomic mass is 35.7. The van der Waals surface area contributed by atoms with Gasteiger partial charge in [-0.2, -0.15) is 8.78 Å². The fraction of sp³-hybridized carbons (Fsp3) is 0.250. The second kappa shape index (κ2) is 5.79. The Morgan fingerprint density at radius 3 is 2.15 bits per heavy atom. The Kier molecular flexibility index (Phi) is 4.76. The zero-order valence-corrected chi connectivity index (χ0v) is 10.7. The number of nitrogens with zero attached hydrogens (tertiary/aromatic N) is 1. The largest absolute Gasteiger partial charge is 0.426 e. The standard InChI is InChI=1S/C8H4ClF4NO5S/c9-20(17,18)4-2-1-3(7(10)11)5(14(15)16)6(4)19-8(12)13/h1-2,7-8H. The van der Waals surface area contributed by atoms with Gasteiger partial charge in [-0.25, -0.2) is 17.2 Å². The van der Waals surface area contributed by atoms with Crippen LogP contribution < -0.4 is 4.74 Å². The molecular weight excluding hydrogens is 334 g/mol. The summed E-state index contributed by atoms with van der Waals surface area (Å²) in [6.45, 7) is -3.67. The zero-order valence-electron chi connectivity index (χ0n) is 9.10. The Morgan fingerprint density at radius 2 is 1.80 bits per heavy atom. The number of hydrogen-bond donors (Lipinski definition) is 0. The monoisotopic (exact) mass is 337 g/mol. The third kappa shape index (κ3) is 3.48. The molecule has 0 bridgehead atoms. The molecule has 0 saturated carbocycles. The lowest BCUT2D eigenvalue weighted by Crippen LogP contribution is -2.10. The van der Waals surface area contributed by atoms with Gasteiger partial charge in [-0.1, -0.05) is 0 Å². The molecule has 0 saturated heterocycles. The van der Waals surface area contributed by atoms with Gasteiger partial charge in [0.05, 0.1) is 10.5 Å². The van der Waals surface area contributed by atoms with Gasteiger partial charge in [0.1, 0.15) is 4.90 Å². The van der Waals surface area contributed by atoms with E-state index in [0.29, 0.717) is 12.1 Å². The number of halogens is 5. The Hall–Kier alpha value is -1.62. The Morgan fingerprint density at radius 1 is 1.25 bits per heavy atom. The maximum Gasteiger partial charge on any atom is 0.387 e. The number of ether oxygens (including phenoxy) is 1. The van der Waals surface area contributed by atoms with E-state index in [1.807, 2.05) is 0 Å². The van der Waals surface area contributed by atoms with Crippen molar-refractivity contribution in [3.63, 3.8) is 0 Å². The quantitative estimate of drug-likeness (QED) is 0.357. The van der Waals surface area contributed by atoms with E-state index in [1.54, 1.807) is 0 Å². The van der Waals surface area contributed by atoms with Crippen LogP contribution in [0.3, 0.4) is 0 Å². The van der Waals surface area contributed by atoms with Crippen LogP contribution in [0, 0.1) is 10.1 Å². The average Bonchev–Trinajstić information content (AvgIpc) is 2.25. The fourth-order valence-electron chi connectivity index (χ4n) is 1.33. The summed E-state index contributed by atoms with van der Waals surface area (Å²) in [5.41, 5.74) is -2.85. The lowest BCUT2D eigenvalue weighted by Gasteiger charge is -2.11. The van der Waals surface area contributed by atoms with Crippen molar-refractivity contribution in [3.8, 4) is 5.75 Å². The van der Waals surface area contributed by atoms with Crippen LogP contribution in [-0.4, -0.2) is 20.0 Å². The summed E-state index contributed by atoms with van der Waals surface area (Å²) in [4.78, 5) is 8.06. The summed E-state index contributed by atoms with van der Waals surface area (Å²) in [5, 5.41) is 10.7. The molecule has 1 aromatic carbocycles. The van der Waals surface area contributed by atoms with Gasteiger partial charge in [0, 0.05) is 10.7 Å². The molecule has 1 aromatic rings. The van der Waals surface area contributed by atoms with Gasteiger partial charge >= 0.3 is 12.3 Å². The minimum atomic E-state index is -4.71. The molecule has 20 heavy (non-hydrogen) atoms. The summed E-state index contributed by atoms with van der Waals surface area (Å²) in [6.07, 6.45) is -3.40. The first kappa shape index (κ1) is 16.4. The summed E-state index contributed by atoms with van der Waals surface area (Å²) >= 11 is 0. The Bertz CT molecular complexity index is 636. The normalized spacial score (nSPS) is 11.9. The number of nitro benzene ring substituents is 1. The smallest absolute Gasteiger partial charge is 0.387 e. The lowest BCUT2D eigenvalue weighted by molar-refractivity contribution is -0.388. The predicted octanol–water partition coefficient (Wildman–Crippen LogP) is 3.06. The van der Waals surface area contributed by atoms with Crippen LogP contribution in [0.4, 0.5) is 23.2 Å². The van der Waals surface area contributed by atoms with E-state index in [-0.39, 0.29) is 0 Å². The van der Waals surface area contributed by atoms with Crippen LogP contribution in [0.15, 0.2) is 17.0 Å².